The number of hydrogen-bond donors (Lipinski definition) is 4. The summed E-state index contributed by atoms with van der Waals surface area (Å²) in [4.78, 5) is 7.34. The number of nitrogens with zero attached hydrogens (tertiary/aromatic N) is 2. The van der Waals surface area contributed by atoms with Gasteiger partial charge in [0.05, 0.1) is 18.5 Å². The van der Waals surface area contributed by atoms with Crippen LogP contribution >= 0.6 is 0 Å². The average molecular weight is 199 g/mol. The van der Waals surface area contributed by atoms with E-state index in [2.05, 4.69) is 9.97 Å². The van der Waals surface area contributed by atoms with Gasteiger partial charge in [0.1, 0.15) is 6.10 Å². The Hall–Kier alpha value is -1.24. The first-order valence-corrected chi connectivity index (χ1v) is 4.22. The van der Waals surface area contributed by atoms with Gasteiger partial charge in [0.15, 0.2) is 11.6 Å². The lowest BCUT2D eigenvalue weighted by atomic mass is 10.1. The van der Waals surface area contributed by atoms with Crippen molar-refractivity contribution < 1.29 is 15.3 Å². The maximum Gasteiger partial charge on any atom is 0.159 e. The molecule has 1 aromatic heterocycles. The third-order valence-corrected chi connectivity index (χ3v) is 1.75. The van der Waals surface area contributed by atoms with Gasteiger partial charge in [0.25, 0.3) is 0 Å². The molecule has 2 atom stereocenters. The van der Waals surface area contributed by atoms with E-state index >= 15 is 0 Å². The van der Waals surface area contributed by atoms with Crippen LogP contribution in [0.1, 0.15) is 18.3 Å². The largest absolute Gasteiger partial charge is 0.505 e. The Morgan fingerprint density at radius 3 is 2.36 bits per heavy atom. The molecule has 14 heavy (non-hydrogen) atoms. The first kappa shape index (κ1) is 10.8. The van der Waals surface area contributed by atoms with Crippen molar-refractivity contribution in [3.63, 3.8) is 0 Å². The summed E-state index contributed by atoms with van der Waals surface area (Å²) < 4.78 is 0. The Kier molecular flexibility index (Phi) is 3.75. The fraction of sp³-hybridized carbons (Fsp3) is 0.500. The maximum atomic E-state index is 9.50. The molecule has 0 amide bonds. The summed E-state index contributed by atoms with van der Waals surface area (Å²) in [6.45, 7) is 0.274. The van der Waals surface area contributed by atoms with Gasteiger partial charge in [-0.3, -0.25) is 0 Å². The minimum absolute atomic E-state index is 0.0729. The highest BCUT2D eigenvalue weighted by atomic mass is 16.3. The molecule has 0 saturated heterocycles. The molecule has 78 valence electrons. The predicted octanol–water partition coefficient (Wildman–Crippen LogP) is -1.07. The topological polar surface area (TPSA) is 112 Å². The Labute approximate surface area is 81.1 Å². The zero-order valence-corrected chi connectivity index (χ0v) is 7.54. The van der Waals surface area contributed by atoms with Crippen molar-refractivity contribution in [2.75, 3.05) is 6.54 Å². The van der Waals surface area contributed by atoms with Crippen molar-refractivity contribution in [3.05, 3.63) is 18.2 Å². The molecule has 6 nitrogen and oxygen atoms in total. The van der Waals surface area contributed by atoms with E-state index in [-0.39, 0.29) is 24.5 Å². The minimum atomic E-state index is -1.17. The molecule has 5 N–H and O–H groups in total. The van der Waals surface area contributed by atoms with Crippen LogP contribution in [-0.2, 0) is 0 Å². The van der Waals surface area contributed by atoms with Gasteiger partial charge in [-0.25, -0.2) is 9.97 Å². The number of aliphatic hydroxyl groups excluding tert-OH is 2. The summed E-state index contributed by atoms with van der Waals surface area (Å²) in [5, 5.41) is 27.8. The van der Waals surface area contributed by atoms with Crippen LogP contribution in [0.2, 0.25) is 0 Å². The van der Waals surface area contributed by atoms with Crippen LogP contribution < -0.4 is 5.73 Å². The highest BCUT2D eigenvalue weighted by Crippen LogP contribution is 2.15. The van der Waals surface area contributed by atoms with Crippen molar-refractivity contribution in [2.45, 2.75) is 18.6 Å². The number of rotatable bonds is 4. The summed E-state index contributed by atoms with van der Waals surface area (Å²) >= 11 is 0. The monoisotopic (exact) mass is 199 g/mol. The van der Waals surface area contributed by atoms with E-state index in [1.165, 1.54) is 0 Å². The van der Waals surface area contributed by atoms with Crippen LogP contribution in [0.3, 0.4) is 0 Å². The Balaban J connectivity index is 2.68. The lowest BCUT2D eigenvalue weighted by Gasteiger charge is -2.15. The van der Waals surface area contributed by atoms with Gasteiger partial charge in [-0.15, -0.1) is 0 Å². The molecular formula is C8H13N3O3. The van der Waals surface area contributed by atoms with Crippen molar-refractivity contribution in [1.82, 2.24) is 9.97 Å². The Morgan fingerprint density at radius 2 is 1.86 bits per heavy atom. The van der Waals surface area contributed by atoms with Gasteiger partial charge in [-0.1, -0.05) is 0 Å². The molecule has 6 heteroatoms. The Bertz CT molecular complexity index is 278. The normalized spacial score (nSPS) is 15.1. The van der Waals surface area contributed by atoms with E-state index in [9.17, 15) is 10.2 Å². The molecule has 1 rings (SSSR count). The van der Waals surface area contributed by atoms with E-state index in [4.69, 9.17) is 10.8 Å². The second-order valence-electron chi connectivity index (χ2n) is 2.89. The minimum Gasteiger partial charge on any atom is -0.505 e. The van der Waals surface area contributed by atoms with E-state index < -0.39 is 12.2 Å². The Morgan fingerprint density at radius 1 is 1.29 bits per heavy atom. The molecule has 0 spiro atoms. The maximum absolute atomic E-state index is 9.50. The molecule has 0 aliphatic heterocycles. The van der Waals surface area contributed by atoms with E-state index in [1.807, 2.05) is 0 Å². The fourth-order valence-corrected chi connectivity index (χ4v) is 0.985. The van der Waals surface area contributed by atoms with Crippen LogP contribution in [0.4, 0.5) is 0 Å². The number of aromatic nitrogens is 2. The van der Waals surface area contributed by atoms with Gasteiger partial charge in [0, 0.05) is 0 Å². The predicted molar refractivity (Wildman–Crippen MR) is 48.3 cm³/mol. The molecule has 0 radical (unpaired) electrons. The standard InChI is InChI=1S/C8H13N3O3/c9-2-1-6(13)7(14)8-10-3-5(12)4-11-8/h3-4,6-7,12-14H,1-2,9H2. The molecule has 1 heterocycles. The zero-order chi connectivity index (χ0) is 10.6. The van der Waals surface area contributed by atoms with Crippen molar-refractivity contribution in [2.24, 2.45) is 5.73 Å². The van der Waals surface area contributed by atoms with Gasteiger partial charge >= 0.3 is 0 Å². The van der Waals surface area contributed by atoms with E-state index in [0.717, 1.165) is 12.4 Å². The van der Waals surface area contributed by atoms with E-state index in [0.29, 0.717) is 0 Å². The van der Waals surface area contributed by atoms with Crippen molar-refractivity contribution >= 4 is 0 Å². The highest BCUT2D eigenvalue weighted by molar-refractivity contribution is 5.10. The molecule has 0 aliphatic rings. The van der Waals surface area contributed by atoms with E-state index in [1.54, 1.807) is 0 Å². The van der Waals surface area contributed by atoms with Crippen LogP contribution in [0.25, 0.3) is 0 Å². The van der Waals surface area contributed by atoms with Crippen LogP contribution in [-0.4, -0.2) is 37.9 Å². The lowest BCUT2D eigenvalue weighted by molar-refractivity contribution is 0.00966. The number of aromatic hydroxyl groups is 1. The van der Waals surface area contributed by atoms with Crippen LogP contribution in [0, 0.1) is 0 Å². The molecule has 0 bridgehead atoms. The summed E-state index contributed by atoms with van der Waals surface area (Å²) in [5.74, 6) is -0.0157. The van der Waals surface area contributed by atoms with Crippen molar-refractivity contribution in [3.8, 4) is 5.75 Å². The van der Waals surface area contributed by atoms with Gasteiger partial charge in [-0.2, -0.15) is 0 Å². The number of aliphatic hydroxyl groups is 2. The lowest BCUT2D eigenvalue weighted by Crippen LogP contribution is -2.23. The number of hydrogen-bond acceptors (Lipinski definition) is 6. The third-order valence-electron chi connectivity index (χ3n) is 1.75. The van der Waals surface area contributed by atoms with Gasteiger partial charge in [0.2, 0.25) is 0 Å². The summed E-state index contributed by atoms with van der Waals surface area (Å²) in [6, 6.07) is 0. The summed E-state index contributed by atoms with van der Waals surface area (Å²) in [6.07, 6.45) is 0.427. The molecule has 0 fully saturated rings. The SMILES string of the molecule is NCCC(O)C(O)c1ncc(O)cn1. The summed E-state index contributed by atoms with van der Waals surface area (Å²) in [5.41, 5.74) is 5.22. The fourth-order valence-electron chi connectivity index (χ4n) is 0.985. The smallest absolute Gasteiger partial charge is 0.159 e. The first-order valence-electron chi connectivity index (χ1n) is 4.22. The highest BCUT2D eigenvalue weighted by Gasteiger charge is 2.19. The van der Waals surface area contributed by atoms with Crippen LogP contribution in [0.15, 0.2) is 12.4 Å². The second kappa shape index (κ2) is 4.85. The zero-order valence-electron chi connectivity index (χ0n) is 7.54. The first-order chi connectivity index (χ1) is 6.65. The molecule has 0 saturated carbocycles. The van der Waals surface area contributed by atoms with Crippen LogP contribution in [0.5, 0.6) is 5.75 Å². The van der Waals surface area contributed by atoms with Gasteiger partial charge in [-0.05, 0) is 13.0 Å². The number of nitrogens with two attached hydrogens (primary N) is 1. The molecule has 0 aromatic carbocycles. The molecule has 2 unspecified atom stereocenters. The van der Waals surface area contributed by atoms with Gasteiger partial charge < -0.3 is 21.1 Å². The second-order valence-corrected chi connectivity index (χ2v) is 2.89. The molecule has 0 aliphatic carbocycles. The molecular weight excluding hydrogens is 186 g/mol. The van der Waals surface area contributed by atoms with Crippen molar-refractivity contribution in [1.29, 1.82) is 0 Å². The molecule has 1 aromatic rings. The average Bonchev–Trinajstić information content (AvgIpc) is 2.18. The third kappa shape index (κ3) is 2.63. The summed E-state index contributed by atoms with van der Waals surface area (Å²) in [7, 11) is 0. The quantitative estimate of drug-likeness (QED) is 0.491.